The van der Waals surface area contributed by atoms with Crippen molar-refractivity contribution in [3.05, 3.63) is 88.2 Å². The van der Waals surface area contributed by atoms with E-state index in [9.17, 15) is 26.8 Å². The standard InChI is InChI=1S/C25H21F2N3O5S2/c1-3-35-22(31)14-30-23-20(27)12-17(26)13-21(23)36-25(30)28-24(32)16-5-4-6-18(11-16)29-37(33,34)19-9-7-15(2)8-10-19/h4-13,29H,3,14H2,1-2H3. The minimum Gasteiger partial charge on any atom is -0.465 e. The minimum absolute atomic E-state index is 0.0379. The van der Waals surface area contributed by atoms with Crippen LogP contribution in [0.5, 0.6) is 0 Å². The minimum atomic E-state index is -3.91. The van der Waals surface area contributed by atoms with E-state index in [2.05, 4.69) is 9.71 Å². The molecule has 0 unspecified atom stereocenters. The molecule has 0 saturated carbocycles. The average molecular weight is 546 g/mol. The molecule has 0 radical (unpaired) electrons. The number of thiazole rings is 1. The average Bonchev–Trinajstić information content (AvgIpc) is 3.15. The summed E-state index contributed by atoms with van der Waals surface area (Å²) in [6, 6.07) is 13.7. The Bertz CT molecular complexity index is 1680. The predicted molar refractivity (Wildman–Crippen MR) is 135 cm³/mol. The first-order valence-electron chi connectivity index (χ1n) is 11.0. The van der Waals surface area contributed by atoms with Gasteiger partial charge in [-0.15, -0.1) is 0 Å². The van der Waals surface area contributed by atoms with Crippen LogP contribution in [0.15, 0.2) is 70.6 Å². The van der Waals surface area contributed by atoms with E-state index in [1.54, 1.807) is 19.1 Å². The van der Waals surface area contributed by atoms with Gasteiger partial charge in [-0.2, -0.15) is 4.99 Å². The maximum atomic E-state index is 14.6. The third kappa shape index (κ3) is 5.92. The maximum Gasteiger partial charge on any atom is 0.326 e. The number of hydrogen-bond donors (Lipinski definition) is 1. The molecule has 12 heteroatoms. The van der Waals surface area contributed by atoms with Crippen LogP contribution in [0, 0.1) is 18.6 Å². The summed E-state index contributed by atoms with van der Waals surface area (Å²) < 4.78 is 62.5. The lowest BCUT2D eigenvalue weighted by molar-refractivity contribution is -0.143. The molecule has 0 aliphatic carbocycles. The van der Waals surface area contributed by atoms with Gasteiger partial charge in [0.15, 0.2) is 10.6 Å². The van der Waals surface area contributed by atoms with Gasteiger partial charge in [0.2, 0.25) is 0 Å². The summed E-state index contributed by atoms with van der Waals surface area (Å²) in [5.74, 6) is -3.20. The number of carbonyl (C=O) groups excluding carboxylic acids is 2. The lowest BCUT2D eigenvalue weighted by Gasteiger charge is -2.09. The number of benzene rings is 3. The highest BCUT2D eigenvalue weighted by molar-refractivity contribution is 7.92. The lowest BCUT2D eigenvalue weighted by Crippen LogP contribution is -2.23. The first kappa shape index (κ1) is 26.2. The smallest absolute Gasteiger partial charge is 0.326 e. The first-order chi connectivity index (χ1) is 17.6. The number of amides is 1. The van der Waals surface area contributed by atoms with Crippen LogP contribution in [0.3, 0.4) is 0 Å². The zero-order valence-electron chi connectivity index (χ0n) is 19.7. The highest BCUT2D eigenvalue weighted by Gasteiger charge is 2.18. The van der Waals surface area contributed by atoms with E-state index in [0.717, 1.165) is 27.5 Å². The quantitative estimate of drug-likeness (QED) is 0.347. The van der Waals surface area contributed by atoms with Crippen molar-refractivity contribution in [3.63, 3.8) is 0 Å². The number of hydrogen-bond acceptors (Lipinski definition) is 6. The zero-order chi connectivity index (χ0) is 26.7. The van der Waals surface area contributed by atoms with Gasteiger partial charge >= 0.3 is 5.97 Å². The Kier molecular flexibility index (Phi) is 7.50. The van der Waals surface area contributed by atoms with Crippen molar-refractivity contribution in [1.29, 1.82) is 0 Å². The Hall–Kier alpha value is -3.90. The third-order valence-electron chi connectivity index (χ3n) is 5.18. The van der Waals surface area contributed by atoms with Gasteiger partial charge in [0.25, 0.3) is 15.9 Å². The first-order valence-corrected chi connectivity index (χ1v) is 13.3. The molecular weight excluding hydrogens is 524 g/mol. The second kappa shape index (κ2) is 10.6. The Morgan fingerprint density at radius 2 is 1.81 bits per heavy atom. The number of ether oxygens (including phenoxy) is 1. The number of anilines is 1. The number of esters is 1. The van der Waals surface area contributed by atoms with Crippen molar-refractivity contribution >= 4 is 49.1 Å². The molecule has 0 aliphatic heterocycles. The molecule has 4 aromatic rings. The van der Waals surface area contributed by atoms with E-state index in [-0.39, 0.29) is 37.8 Å². The summed E-state index contributed by atoms with van der Waals surface area (Å²) in [7, 11) is -3.91. The molecule has 37 heavy (non-hydrogen) atoms. The van der Waals surface area contributed by atoms with Gasteiger partial charge in [-0.25, -0.2) is 17.2 Å². The summed E-state index contributed by atoms with van der Waals surface area (Å²) in [6.45, 7) is 3.09. The summed E-state index contributed by atoms with van der Waals surface area (Å²) in [4.78, 5) is 29.2. The number of fused-ring (bicyclic) bond motifs is 1. The molecule has 192 valence electrons. The largest absolute Gasteiger partial charge is 0.465 e. The Labute approximate surface area is 214 Å². The highest BCUT2D eigenvalue weighted by atomic mass is 32.2. The van der Waals surface area contributed by atoms with E-state index in [0.29, 0.717) is 6.07 Å². The van der Waals surface area contributed by atoms with Gasteiger partial charge in [0.1, 0.15) is 12.4 Å². The predicted octanol–water partition coefficient (Wildman–Crippen LogP) is 4.39. The van der Waals surface area contributed by atoms with Crippen LogP contribution in [0.2, 0.25) is 0 Å². The number of carbonyl (C=O) groups is 2. The van der Waals surface area contributed by atoms with Crippen LogP contribution in [-0.4, -0.2) is 31.5 Å². The highest BCUT2D eigenvalue weighted by Crippen LogP contribution is 2.23. The number of nitrogens with zero attached hydrogens (tertiary/aromatic N) is 2. The van der Waals surface area contributed by atoms with Gasteiger partial charge in [-0.3, -0.25) is 14.3 Å². The van der Waals surface area contributed by atoms with Gasteiger partial charge in [-0.05, 0) is 50.2 Å². The molecule has 1 heterocycles. The maximum absolute atomic E-state index is 14.6. The van der Waals surface area contributed by atoms with E-state index in [1.165, 1.54) is 36.4 Å². The second-order valence-corrected chi connectivity index (χ2v) is 10.6. The molecule has 8 nitrogen and oxygen atoms in total. The molecule has 1 amide bonds. The number of rotatable bonds is 7. The van der Waals surface area contributed by atoms with E-state index >= 15 is 0 Å². The zero-order valence-corrected chi connectivity index (χ0v) is 21.3. The van der Waals surface area contributed by atoms with Crippen molar-refractivity contribution in [2.75, 3.05) is 11.3 Å². The number of nitrogens with one attached hydrogen (secondary N) is 1. The second-order valence-electron chi connectivity index (χ2n) is 7.93. The van der Waals surface area contributed by atoms with Gasteiger partial charge in [0.05, 0.1) is 21.7 Å². The topological polar surface area (TPSA) is 107 Å². The van der Waals surface area contributed by atoms with E-state index in [4.69, 9.17) is 4.74 Å². The van der Waals surface area contributed by atoms with Gasteiger partial charge in [-0.1, -0.05) is 35.1 Å². The summed E-state index contributed by atoms with van der Waals surface area (Å²) in [5.41, 5.74) is 0.976. The van der Waals surface area contributed by atoms with Gasteiger partial charge < -0.3 is 9.30 Å². The van der Waals surface area contributed by atoms with Crippen molar-refractivity contribution in [3.8, 4) is 0 Å². The molecule has 3 aromatic carbocycles. The number of aryl methyl sites for hydroxylation is 1. The Morgan fingerprint density at radius 3 is 2.51 bits per heavy atom. The molecule has 0 spiro atoms. The van der Waals surface area contributed by atoms with Crippen LogP contribution in [0.25, 0.3) is 10.2 Å². The molecule has 4 rings (SSSR count). The Balaban J connectivity index is 1.71. The summed E-state index contributed by atoms with van der Waals surface area (Å²) >= 11 is 0.824. The van der Waals surface area contributed by atoms with Crippen LogP contribution >= 0.6 is 11.3 Å². The van der Waals surface area contributed by atoms with E-state index < -0.39 is 40.1 Å². The number of sulfonamides is 1. The number of halogens is 2. The fourth-order valence-corrected chi connectivity index (χ4v) is 5.61. The molecule has 0 atom stereocenters. The third-order valence-corrected chi connectivity index (χ3v) is 7.60. The summed E-state index contributed by atoms with van der Waals surface area (Å²) in [6.07, 6.45) is 0. The van der Waals surface area contributed by atoms with Crippen molar-refractivity contribution in [1.82, 2.24) is 4.57 Å². The molecule has 0 fully saturated rings. The van der Waals surface area contributed by atoms with Crippen LogP contribution in [0.4, 0.5) is 14.5 Å². The van der Waals surface area contributed by atoms with Crippen molar-refractivity contribution in [2.24, 2.45) is 4.99 Å². The monoisotopic (exact) mass is 545 g/mol. The van der Waals surface area contributed by atoms with Crippen molar-refractivity contribution < 1.29 is 31.5 Å². The molecule has 1 aromatic heterocycles. The lowest BCUT2D eigenvalue weighted by atomic mass is 10.2. The van der Waals surface area contributed by atoms with Gasteiger partial charge in [0, 0.05) is 17.3 Å². The van der Waals surface area contributed by atoms with Crippen LogP contribution in [0.1, 0.15) is 22.8 Å². The SMILES string of the molecule is CCOC(=O)Cn1c(=NC(=O)c2cccc(NS(=O)(=O)c3ccc(C)cc3)c2)sc2cc(F)cc(F)c21. The van der Waals surface area contributed by atoms with Crippen LogP contribution in [-0.2, 0) is 26.1 Å². The number of aromatic nitrogens is 1. The fourth-order valence-electron chi connectivity index (χ4n) is 3.50. The normalized spacial score (nSPS) is 12.1. The Morgan fingerprint density at radius 1 is 1.08 bits per heavy atom. The summed E-state index contributed by atoms with van der Waals surface area (Å²) in [5, 5.41) is 0. The fraction of sp³-hybridized carbons (Fsp3) is 0.160. The molecule has 0 saturated heterocycles. The van der Waals surface area contributed by atoms with Crippen LogP contribution < -0.4 is 9.52 Å². The molecule has 0 bridgehead atoms. The van der Waals surface area contributed by atoms with Crippen molar-refractivity contribution in [2.45, 2.75) is 25.3 Å². The van der Waals surface area contributed by atoms with E-state index in [1.807, 2.05) is 6.92 Å². The molecular formula is C25H21F2N3O5S2. The molecule has 1 N–H and O–H groups in total. The molecule has 0 aliphatic rings.